The number of halogens is 1. The highest BCUT2D eigenvalue weighted by Crippen LogP contribution is 2.11. The molecule has 4 heteroatoms. The van der Waals surface area contributed by atoms with Crippen molar-refractivity contribution in [3.8, 4) is 0 Å². The molecule has 0 radical (unpaired) electrons. The predicted molar refractivity (Wildman–Crippen MR) is 94.0 cm³/mol. The van der Waals surface area contributed by atoms with Crippen LogP contribution in [-0.4, -0.2) is 12.6 Å². The summed E-state index contributed by atoms with van der Waals surface area (Å²) in [5, 5.41) is 0. The molecule has 1 aromatic carbocycles. The van der Waals surface area contributed by atoms with Crippen LogP contribution in [0.5, 0.6) is 0 Å². The van der Waals surface area contributed by atoms with Crippen molar-refractivity contribution in [2.45, 2.75) is 25.8 Å². The van der Waals surface area contributed by atoms with Crippen LogP contribution in [0.1, 0.15) is 30.5 Å². The van der Waals surface area contributed by atoms with E-state index in [9.17, 15) is 9.59 Å². The molecule has 2 aromatic rings. The lowest BCUT2D eigenvalue weighted by molar-refractivity contribution is -0.709. The maximum absolute atomic E-state index is 10.9. The molecule has 0 aliphatic carbocycles. The number of hydrogen-bond acceptors (Lipinski definition) is 2. The van der Waals surface area contributed by atoms with E-state index in [0.717, 1.165) is 11.1 Å². The highest BCUT2D eigenvalue weighted by atomic mass is 35.5. The van der Waals surface area contributed by atoms with Gasteiger partial charge in [0.25, 0.3) is 0 Å². The molecule has 3 nitrogen and oxygen atoms in total. The van der Waals surface area contributed by atoms with Crippen molar-refractivity contribution in [2.75, 3.05) is 0 Å². The summed E-state index contributed by atoms with van der Waals surface area (Å²) in [6, 6.07) is 11.8. The Morgan fingerprint density at radius 2 is 1.30 bits per heavy atom. The minimum Gasteiger partial charge on any atom is -0.293 e. The van der Waals surface area contributed by atoms with E-state index < -0.39 is 5.00 Å². The van der Waals surface area contributed by atoms with Crippen molar-refractivity contribution in [2.24, 2.45) is 0 Å². The van der Waals surface area contributed by atoms with Crippen LogP contribution in [-0.2, 0) is 14.6 Å². The average Bonchev–Trinajstić information content (AvgIpc) is 2.62. The number of pyridine rings is 1. The maximum atomic E-state index is 10.9. The molecule has 1 heterocycles. The van der Waals surface area contributed by atoms with Crippen LogP contribution in [0.4, 0.5) is 0 Å². The van der Waals surface area contributed by atoms with Crippen molar-refractivity contribution >= 4 is 36.3 Å². The molecule has 0 atom stereocenters. The molecule has 0 spiro atoms. The lowest BCUT2D eigenvalue weighted by atomic mass is 10.1. The van der Waals surface area contributed by atoms with Crippen molar-refractivity contribution in [1.82, 2.24) is 0 Å². The van der Waals surface area contributed by atoms with Gasteiger partial charge in [-0.15, -0.1) is 0 Å². The molecule has 0 fully saturated rings. The summed E-state index contributed by atoms with van der Waals surface area (Å²) >= 11 is 5.88. The first kappa shape index (κ1) is 18.8. The fraction of sp³-hybridized carbons (Fsp3) is 0.211. The van der Waals surface area contributed by atoms with E-state index in [-0.39, 0.29) is 0 Å². The van der Waals surface area contributed by atoms with E-state index >= 15 is 0 Å². The van der Waals surface area contributed by atoms with Crippen molar-refractivity contribution in [3.05, 3.63) is 65.5 Å². The third kappa shape index (κ3) is 5.15. The first-order valence-corrected chi connectivity index (χ1v) is 7.83. The van der Waals surface area contributed by atoms with E-state index in [4.69, 9.17) is 11.6 Å². The molecule has 23 heavy (non-hydrogen) atoms. The van der Waals surface area contributed by atoms with Crippen LogP contribution >= 0.6 is 11.6 Å². The number of alkyl halides is 1. The van der Waals surface area contributed by atoms with E-state index in [1.807, 2.05) is 45.1 Å². The third-order valence-electron chi connectivity index (χ3n) is 3.13. The number of aromatic nitrogens is 1. The van der Waals surface area contributed by atoms with Crippen LogP contribution in [0, 0.1) is 6.92 Å². The largest absolute Gasteiger partial charge is 0.353 e. The molecule has 120 valence electrons. The van der Waals surface area contributed by atoms with Gasteiger partial charge in [-0.05, 0) is 29.7 Å². The van der Waals surface area contributed by atoms with E-state index in [2.05, 4.69) is 12.1 Å². The van der Waals surface area contributed by atoms with Crippen LogP contribution in [0.25, 0.3) is 12.2 Å². The Balaban J connectivity index is 0.00000127. The number of aryl methyl sites for hydroxylation is 1. The van der Waals surface area contributed by atoms with Crippen LogP contribution in [0.15, 0.2) is 48.8 Å². The van der Waals surface area contributed by atoms with Gasteiger partial charge in [0.15, 0.2) is 12.4 Å². The van der Waals surface area contributed by atoms with E-state index in [1.54, 1.807) is 24.5 Å². The minimum absolute atomic E-state index is 0.406. The van der Waals surface area contributed by atoms with Crippen LogP contribution in [0.3, 0.4) is 0 Å². The standard InChI is InChI=1S/C17H15ClNO2.C2H6/c1-14-2-4-15(5-3-14)6-7-16-8-10-19(11-9-16)17(18,12-20)13-21;1-2/h2-13H,1H3;1-2H3/q+1;/b7-6+;. The Hall–Kier alpha value is -2.26. The highest BCUT2D eigenvalue weighted by Gasteiger charge is 2.36. The number of rotatable bonds is 5. The normalized spacial score (nSPS) is 10.8. The summed E-state index contributed by atoms with van der Waals surface area (Å²) < 4.78 is 1.36. The van der Waals surface area contributed by atoms with Gasteiger partial charge in [0.1, 0.15) is 0 Å². The summed E-state index contributed by atoms with van der Waals surface area (Å²) in [5.74, 6) is 0. The number of carbonyl (C=O) groups is 2. The molecule has 0 bridgehead atoms. The zero-order valence-corrected chi connectivity index (χ0v) is 14.3. The van der Waals surface area contributed by atoms with Gasteiger partial charge in [0.05, 0.1) is 0 Å². The SMILES string of the molecule is CC.Cc1ccc(/C=C/c2cc[n+](C(Cl)(C=O)C=O)cc2)cc1. The second-order valence-corrected chi connectivity index (χ2v) is 5.35. The van der Waals surface area contributed by atoms with Gasteiger partial charge in [-0.25, -0.2) is 0 Å². The second kappa shape index (κ2) is 9.01. The topological polar surface area (TPSA) is 38.0 Å². The number of hydrogen-bond donors (Lipinski definition) is 0. The van der Waals surface area contributed by atoms with Gasteiger partial charge in [-0.2, -0.15) is 4.57 Å². The molecule has 0 amide bonds. The van der Waals surface area contributed by atoms with Gasteiger partial charge in [0, 0.05) is 12.1 Å². The molecule has 1 aromatic heterocycles. The average molecular weight is 331 g/mol. The summed E-state index contributed by atoms with van der Waals surface area (Å²) in [7, 11) is 0. The van der Waals surface area contributed by atoms with Crippen molar-refractivity contribution in [3.63, 3.8) is 0 Å². The summed E-state index contributed by atoms with van der Waals surface area (Å²) in [6.45, 7) is 6.04. The Morgan fingerprint density at radius 1 is 0.870 bits per heavy atom. The lowest BCUT2D eigenvalue weighted by Gasteiger charge is -2.06. The molecular formula is C19H21ClNO2+. The molecule has 0 saturated heterocycles. The van der Waals surface area contributed by atoms with Gasteiger partial charge < -0.3 is 0 Å². The molecule has 0 aliphatic rings. The molecule has 0 unspecified atom stereocenters. The number of aldehydes is 2. The summed E-state index contributed by atoms with van der Waals surface area (Å²) in [6.07, 6.45) is 7.96. The first-order valence-electron chi connectivity index (χ1n) is 7.45. The van der Waals surface area contributed by atoms with E-state index in [1.165, 1.54) is 10.1 Å². The number of carbonyl (C=O) groups excluding carboxylic acids is 2. The second-order valence-electron chi connectivity index (χ2n) is 4.75. The van der Waals surface area contributed by atoms with Gasteiger partial charge in [0.2, 0.25) is 12.6 Å². The zero-order chi connectivity index (χ0) is 17.3. The summed E-state index contributed by atoms with van der Waals surface area (Å²) in [4.78, 5) is 20.1. The molecule has 0 saturated carbocycles. The van der Waals surface area contributed by atoms with Crippen molar-refractivity contribution < 1.29 is 14.2 Å². The molecule has 0 N–H and O–H groups in total. The van der Waals surface area contributed by atoms with Gasteiger partial charge >= 0.3 is 5.00 Å². The van der Waals surface area contributed by atoms with E-state index in [0.29, 0.717) is 12.6 Å². The fourth-order valence-corrected chi connectivity index (χ4v) is 1.91. The van der Waals surface area contributed by atoms with Crippen LogP contribution < -0.4 is 4.57 Å². The quantitative estimate of drug-likeness (QED) is 0.362. The predicted octanol–water partition coefficient (Wildman–Crippen LogP) is 3.77. The zero-order valence-electron chi connectivity index (χ0n) is 13.6. The van der Waals surface area contributed by atoms with Crippen molar-refractivity contribution in [1.29, 1.82) is 0 Å². The Labute approximate surface area is 142 Å². The maximum Gasteiger partial charge on any atom is 0.353 e. The van der Waals surface area contributed by atoms with Crippen LogP contribution in [0.2, 0.25) is 0 Å². The number of nitrogens with zero attached hydrogens (tertiary/aromatic N) is 1. The highest BCUT2D eigenvalue weighted by molar-refractivity contribution is 6.35. The lowest BCUT2D eigenvalue weighted by Crippen LogP contribution is -2.54. The van der Waals surface area contributed by atoms with Gasteiger partial charge in [-0.1, -0.05) is 55.8 Å². The first-order chi connectivity index (χ1) is 11.1. The molecular weight excluding hydrogens is 310 g/mol. The number of benzene rings is 1. The monoisotopic (exact) mass is 330 g/mol. The Bertz CT molecular complexity index is 653. The fourth-order valence-electron chi connectivity index (χ4n) is 1.80. The molecule has 0 aliphatic heterocycles. The third-order valence-corrected chi connectivity index (χ3v) is 3.50. The smallest absolute Gasteiger partial charge is 0.293 e. The summed E-state index contributed by atoms with van der Waals surface area (Å²) in [5.41, 5.74) is 3.27. The Morgan fingerprint density at radius 3 is 1.74 bits per heavy atom. The van der Waals surface area contributed by atoms with Gasteiger partial charge in [-0.3, -0.25) is 9.59 Å². The minimum atomic E-state index is -1.67. The Kier molecular flexibility index (Phi) is 7.36. The molecule has 2 rings (SSSR count).